The molecule has 0 spiro atoms. The standard InChI is InChI=1S/C12H20N2OS/c1-15-7-6-12(4-2-3-5-12)14-8-11-9-16-10-13-11/h9-10,14H,2-8H2,1H3. The summed E-state index contributed by atoms with van der Waals surface area (Å²) >= 11 is 1.66. The van der Waals surface area contributed by atoms with Crippen LogP contribution in [0.15, 0.2) is 10.9 Å². The van der Waals surface area contributed by atoms with Crippen LogP contribution < -0.4 is 5.32 Å². The lowest BCUT2D eigenvalue weighted by molar-refractivity contribution is 0.153. The highest BCUT2D eigenvalue weighted by Crippen LogP contribution is 2.32. The topological polar surface area (TPSA) is 34.1 Å². The molecule has 16 heavy (non-hydrogen) atoms. The number of methoxy groups -OCH3 is 1. The van der Waals surface area contributed by atoms with Gasteiger partial charge in [0.25, 0.3) is 0 Å². The van der Waals surface area contributed by atoms with Crippen LogP contribution in [0.3, 0.4) is 0 Å². The third-order valence-electron chi connectivity index (χ3n) is 3.47. The molecule has 1 aromatic heterocycles. The molecule has 1 aliphatic carbocycles. The van der Waals surface area contributed by atoms with E-state index in [-0.39, 0.29) is 0 Å². The number of aromatic nitrogens is 1. The molecule has 0 amide bonds. The summed E-state index contributed by atoms with van der Waals surface area (Å²) in [6.07, 6.45) is 6.36. The van der Waals surface area contributed by atoms with Gasteiger partial charge in [-0.05, 0) is 19.3 Å². The smallest absolute Gasteiger partial charge is 0.0795 e. The van der Waals surface area contributed by atoms with Gasteiger partial charge in [0.2, 0.25) is 0 Å². The van der Waals surface area contributed by atoms with E-state index in [9.17, 15) is 0 Å². The van der Waals surface area contributed by atoms with E-state index >= 15 is 0 Å². The fourth-order valence-corrected chi connectivity index (χ4v) is 3.03. The van der Waals surface area contributed by atoms with E-state index in [0.717, 1.165) is 25.3 Å². The Labute approximate surface area is 101 Å². The Morgan fingerprint density at radius 1 is 1.50 bits per heavy atom. The molecule has 1 saturated carbocycles. The van der Waals surface area contributed by atoms with E-state index < -0.39 is 0 Å². The predicted octanol–water partition coefficient (Wildman–Crippen LogP) is 2.58. The minimum absolute atomic E-state index is 0.305. The SMILES string of the molecule is COCCC1(NCc2cscn2)CCCC1. The number of thiazole rings is 1. The number of nitrogens with one attached hydrogen (secondary N) is 1. The van der Waals surface area contributed by atoms with Crippen LogP contribution in [0.25, 0.3) is 0 Å². The van der Waals surface area contributed by atoms with Gasteiger partial charge in [-0.25, -0.2) is 4.98 Å². The van der Waals surface area contributed by atoms with Crippen LogP contribution in [-0.4, -0.2) is 24.2 Å². The van der Waals surface area contributed by atoms with Gasteiger partial charge in [-0.1, -0.05) is 12.8 Å². The van der Waals surface area contributed by atoms with Gasteiger partial charge >= 0.3 is 0 Å². The van der Waals surface area contributed by atoms with E-state index in [1.54, 1.807) is 18.4 Å². The zero-order valence-corrected chi connectivity index (χ0v) is 10.7. The van der Waals surface area contributed by atoms with Crippen LogP contribution in [-0.2, 0) is 11.3 Å². The molecule has 1 fully saturated rings. The zero-order valence-electron chi connectivity index (χ0n) is 9.87. The van der Waals surface area contributed by atoms with Crippen LogP contribution >= 0.6 is 11.3 Å². The van der Waals surface area contributed by atoms with Crippen molar-refractivity contribution in [2.24, 2.45) is 0 Å². The molecule has 0 unspecified atom stereocenters. The van der Waals surface area contributed by atoms with Crippen LogP contribution in [0, 0.1) is 0 Å². The third kappa shape index (κ3) is 3.03. The second kappa shape index (κ2) is 5.75. The quantitative estimate of drug-likeness (QED) is 0.830. The summed E-state index contributed by atoms with van der Waals surface area (Å²) in [5.41, 5.74) is 3.36. The van der Waals surface area contributed by atoms with Crippen molar-refractivity contribution in [1.82, 2.24) is 10.3 Å². The number of nitrogens with zero attached hydrogens (tertiary/aromatic N) is 1. The van der Waals surface area contributed by atoms with E-state index in [0.29, 0.717) is 5.54 Å². The van der Waals surface area contributed by atoms with Crippen molar-refractivity contribution in [1.29, 1.82) is 0 Å². The molecule has 0 aliphatic heterocycles. The minimum atomic E-state index is 0.305. The first-order chi connectivity index (χ1) is 7.85. The Kier molecular flexibility index (Phi) is 4.32. The Bertz CT molecular complexity index is 294. The van der Waals surface area contributed by atoms with Gasteiger partial charge in [-0.2, -0.15) is 0 Å². The maximum atomic E-state index is 5.21. The zero-order chi connectivity index (χ0) is 11.3. The molecular formula is C12H20N2OS. The van der Waals surface area contributed by atoms with E-state index in [1.807, 2.05) is 5.51 Å². The Hall–Kier alpha value is -0.450. The molecule has 1 aliphatic rings. The van der Waals surface area contributed by atoms with Crippen molar-refractivity contribution >= 4 is 11.3 Å². The second-order valence-corrected chi connectivity index (χ2v) is 5.28. The van der Waals surface area contributed by atoms with Gasteiger partial charge in [0, 0.05) is 31.2 Å². The van der Waals surface area contributed by atoms with Crippen molar-refractivity contribution in [3.05, 3.63) is 16.6 Å². The summed E-state index contributed by atoms with van der Waals surface area (Å²) in [5, 5.41) is 5.81. The molecule has 1 heterocycles. The van der Waals surface area contributed by atoms with E-state index in [2.05, 4.69) is 15.7 Å². The van der Waals surface area contributed by atoms with Gasteiger partial charge in [-0.15, -0.1) is 11.3 Å². The maximum Gasteiger partial charge on any atom is 0.0795 e. The first-order valence-electron chi connectivity index (χ1n) is 5.96. The van der Waals surface area contributed by atoms with Crippen LogP contribution in [0.4, 0.5) is 0 Å². The lowest BCUT2D eigenvalue weighted by Crippen LogP contribution is -2.43. The van der Waals surface area contributed by atoms with Crippen LogP contribution in [0.1, 0.15) is 37.8 Å². The highest BCUT2D eigenvalue weighted by atomic mass is 32.1. The Balaban J connectivity index is 1.87. The number of rotatable bonds is 6. The van der Waals surface area contributed by atoms with E-state index in [1.165, 1.54) is 25.7 Å². The third-order valence-corrected chi connectivity index (χ3v) is 4.11. The van der Waals surface area contributed by atoms with Crippen molar-refractivity contribution < 1.29 is 4.74 Å². The fourth-order valence-electron chi connectivity index (χ4n) is 2.47. The molecule has 3 nitrogen and oxygen atoms in total. The molecule has 0 aromatic carbocycles. The van der Waals surface area contributed by atoms with Crippen molar-refractivity contribution in [2.75, 3.05) is 13.7 Å². The monoisotopic (exact) mass is 240 g/mol. The normalized spacial score (nSPS) is 19.1. The molecule has 0 bridgehead atoms. The second-order valence-electron chi connectivity index (χ2n) is 4.56. The average Bonchev–Trinajstić information content (AvgIpc) is 2.96. The molecule has 90 valence electrons. The van der Waals surface area contributed by atoms with Gasteiger partial charge in [0.15, 0.2) is 0 Å². The number of hydrogen-bond donors (Lipinski definition) is 1. The Morgan fingerprint density at radius 3 is 2.94 bits per heavy atom. The molecule has 1 N–H and O–H groups in total. The first-order valence-corrected chi connectivity index (χ1v) is 6.90. The Morgan fingerprint density at radius 2 is 2.31 bits per heavy atom. The summed E-state index contributed by atoms with van der Waals surface area (Å²) in [6.45, 7) is 1.75. The molecule has 0 radical (unpaired) electrons. The van der Waals surface area contributed by atoms with Crippen molar-refractivity contribution in [3.63, 3.8) is 0 Å². The maximum absolute atomic E-state index is 5.21. The highest BCUT2D eigenvalue weighted by molar-refractivity contribution is 7.07. The van der Waals surface area contributed by atoms with Gasteiger partial charge in [0.05, 0.1) is 11.2 Å². The molecule has 0 saturated heterocycles. The first kappa shape index (κ1) is 12.0. The van der Waals surface area contributed by atoms with Gasteiger partial charge < -0.3 is 10.1 Å². The molecule has 4 heteroatoms. The van der Waals surface area contributed by atoms with Crippen molar-refractivity contribution in [2.45, 2.75) is 44.2 Å². The number of hydrogen-bond acceptors (Lipinski definition) is 4. The molecule has 1 aromatic rings. The van der Waals surface area contributed by atoms with E-state index in [4.69, 9.17) is 4.74 Å². The van der Waals surface area contributed by atoms with Crippen molar-refractivity contribution in [3.8, 4) is 0 Å². The molecule has 0 atom stereocenters. The highest BCUT2D eigenvalue weighted by Gasteiger charge is 2.32. The lowest BCUT2D eigenvalue weighted by atomic mass is 9.93. The van der Waals surface area contributed by atoms with Gasteiger partial charge in [-0.3, -0.25) is 0 Å². The summed E-state index contributed by atoms with van der Waals surface area (Å²) in [4.78, 5) is 4.31. The minimum Gasteiger partial charge on any atom is -0.385 e. The van der Waals surface area contributed by atoms with Crippen LogP contribution in [0.2, 0.25) is 0 Å². The number of ether oxygens (including phenoxy) is 1. The molecule has 2 rings (SSSR count). The van der Waals surface area contributed by atoms with Gasteiger partial charge in [0.1, 0.15) is 0 Å². The van der Waals surface area contributed by atoms with Crippen LogP contribution in [0.5, 0.6) is 0 Å². The largest absolute Gasteiger partial charge is 0.385 e. The predicted molar refractivity (Wildman–Crippen MR) is 66.6 cm³/mol. The summed E-state index contributed by atoms with van der Waals surface area (Å²) in [5.74, 6) is 0. The summed E-state index contributed by atoms with van der Waals surface area (Å²) in [6, 6.07) is 0. The summed E-state index contributed by atoms with van der Waals surface area (Å²) < 4.78 is 5.21. The molecular weight excluding hydrogens is 220 g/mol. The fraction of sp³-hybridized carbons (Fsp3) is 0.750. The lowest BCUT2D eigenvalue weighted by Gasteiger charge is -2.30. The average molecular weight is 240 g/mol. The summed E-state index contributed by atoms with van der Waals surface area (Å²) in [7, 11) is 1.78.